The lowest BCUT2D eigenvalue weighted by atomic mass is 9.99. The van der Waals surface area contributed by atoms with Crippen LogP contribution in [0.25, 0.3) is 128 Å². The fraction of sp³-hybridized carbons (Fsp3) is 0. The van der Waals surface area contributed by atoms with Crippen molar-refractivity contribution in [2.75, 3.05) is 0 Å². The van der Waals surface area contributed by atoms with Gasteiger partial charge in [-0.1, -0.05) is 127 Å². The molecule has 0 saturated heterocycles. The molecule has 6 heteroatoms. The molecule has 6 nitrogen and oxygen atoms in total. The predicted octanol–water partition coefficient (Wildman–Crippen LogP) is 15.1. The maximum absolute atomic E-state index is 6.56. The quantitative estimate of drug-likeness (QED) is 0.167. The number of para-hydroxylation sites is 2. The molecule has 0 bridgehead atoms. The first-order chi connectivity index (χ1) is 31.2. The molecule has 0 amide bonds. The Morgan fingerprint density at radius 2 is 0.698 bits per heavy atom. The lowest BCUT2D eigenvalue weighted by molar-refractivity contribution is 0.668. The SMILES string of the molecule is c1ccc(-c2ccc3c(c2)c2cc(-c4ccc5oc6cc(-c7nc(-c8ccccc8)nc(-c8ccc9c(c8)oc8ccccc89)n7)ccc6c5c4)ccc2n3-c2ccccc2)cc1. The molecule has 13 aromatic rings. The zero-order valence-corrected chi connectivity index (χ0v) is 33.7. The lowest BCUT2D eigenvalue weighted by Crippen LogP contribution is -2.00. The molecule has 4 aromatic heterocycles. The Hall–Kier alpha value is -8.61. The summed E-state index contributed by atoms with van der Waals surface area (Å²) in [7, 11) is 0. The molecule has 0 N–H and O–H groups in total. The van der Waals surface area contributed by atoms with E-state index in [0.717, 1.165) is 77.4 Å². The summed E-state index contributed by atoms with van der Waals surface area (Å²) in [5.74, 6) is 1.72. The van der Waals surface area contributed by atoms with E-state index in [9.17, 15) is 0 Å². The maximum atomic E-state index is 6.56. The summed E-state index contributed by atoms with van der Waals surface area (Å²) < 4.78 is 15.2. The highest BCUT2D eigenvalue weighted by molar-refractivity contribution is 6.12. The second kappa shape index (κ2) is 14.0. The Bertz CT molecular complexity index is 3900. The van der Waals surface area contributed by atoms with Gasteiger partial charge >= 0.3 is 0 Å². The van der Waals surface area contributed by atoms with E-state index in [2.05, 4.69) is 150 Å². The van der Waals surface area contributed by atoms with Gasteiger partial charge in [-0.3, -0.25) is 0 Å². The number of nitrogens with zero attached hydrogens (tertiary/aromatic N) is 4. The minimum atomic E-state index is 0.560. The van der Waals surface area contributed by atoms with Crippen molar-refractivity contribution in [3.05, 3.63) is 206 Å². The van der Waals surface area contributed by atoms with Crippen LogP contribution >= 0.6 is 0 Å². The van der Waals surface area contributed by atoms with Crippen LogP contribution in [-0.2, 0) is 0 Å². The van der Waals surface area contributed by atoms with Gasteiger partial charge in [0.05, 0.1) is 11.0 Å². The Kier molecular flexibility index (Phi) is 7.80. The van der Waals surface area contributed by atoms with E-state index in [1.54, 1.807) is 0 Å². The summed E-state index contributed by atoms with van der Waals surface area (Å²) in [6.45, 7) is 0. The number of fused-ring (bicyclic) bond motifs is 9. The molecule has 294 valence electrons. The molecule has 4 heterocycles. The Balaban J connectivity index is 0.915. The van der Waals surface area contributed by atoms with Gasteiger partial charge in [0.1, 0.15) is 22.3 Å². The number of aromatic nitrogens is 4. The first-order valence-electron chi connectivity index (χ1n) is 21.1. The zero-order chi connectivity index (χ0) is 41.4. The number of hydrogen-bond acceptors (Lipinski definition) is 5. The summed E-state index contributed by atoms with van der Waals surface area (Å²) in [4.78, 5) is 15.0. The van der Waals surface area contributed by atoms with Crippen LogP contribution in [0.15, 0.2) is 215 Å². The molecule has 63 heavy (non-hydrogen) atoms. The smallest absolute Gasteiger partial charge is 0.164 e. The highest BCUT2D eigenvalue weighted by Crippen LogP contribution is 2.40. The summed E-state index contributed by atoms with van der Waals surface area (Å²) in [5, 5.41) is 6.63. The monoisotopic (exact) mass is 806 g/mol. The fourth-order valence-electron chi connectivity index (χ4n) is 9.18. The molecule has 0 fully saturated rings. The van der Waals surface area contributed by atoms with Crippen molar-refractivity contribution in [2.24, 2.45) is 0 Å². The first-order valence-corrected chi connectivity index (χ1v) is 21.1. The van der Waals surface area contributed by atoms with Crippen LogP contribution in [-0.4, -0.2) is 19.5 Å². The third-order valence-corrected chi connectivity index (χ3v) is 12.3. The second-order valence-electron chi connectivity index (χ2n) is 16.0. The van der Waals surface area contributed by atoms with Crippen molar-refractivity contribution in [1.82, 2.24) is 19.5 Å². The summed E-state index contributed by atoms with van der Waals surface area (Å²) in [6, 6.07) is 71.8. The molecule has 0 atom stereocenters. The van der Waals surface area contributed by atoms with Gasteiger partial charge in [-0.2, -0.15) is 0 Å². The summed E-state index contributed by atoms with van der Waals surface area (Å²) in [5.41, 5.74) is 13.9. The van der Waals surface area contributed by atoms with E-state index in [0.29, 0.717) is 17.5 Å². The topological polar surface area (TPSA) is 69.9 Å². The van der Waals surface area contributed by atoms with Crippen LogP contribution in [0.4, 0.5) is 0 Å². The minimum Gasteiger partial charge on any atom is -0.456 e. The van der Waals surface area contributed by atoms with E-state index < -0.39 is 0 Å². The van der Waals surface area contributed by atoms with Gasteiger partial charge in [-0.15, -0.1) is 0 Å². The third kappa shape index (κ3) is 5.84. The van der Waals surface area contributed by atoms with Crippen LogP contribution in [0, 0.1) is 0 Å². The first kappa shape index (κ1) is 35.2. The minimum absolute atomic E-state index is 0.560. The van der Waals surface area contributed by atoms with Crippen LogP contribution in [0.1, 0.15) is 0 Å². The molecule has 0 spiro atoms. The Morgan fingerprint density at radius 1 is 0.270 bits per heavy atom. The molecule has 0 aliphatic rings. The molecular weight excluding hydrogens is 773 g/mol. The van der Waals surface area contributed by atoms with Gasteiger partial charge in [0.15, 0.2) is 17.5 Å². The van der Waals surface area contributed by atoms with E-state index in [-0.39, 0.29) is 0 Å². The molecule has 9 aromatic carbocycles. The van der Waals surface area contributed by atoms with Gasteiger partial charge in [-0.05, 0) is 101 Å². The van der Waals surface area contributed by atoms with Gasteiger partial charge in [0.2, 0.25) is 0 Å². The highest BCUT2D eigenvalue weighted by Gasteiger charge is 2.18. The van der Waals surface area contributed by atoms with Crippen LogP contribution < -0.4 is 0 Å². The van der Waals surface area contributed by atoms with E-state index in [1.807, 2.05) is 60.7 Å². The number of rotatable bonds is 6. The lowest BCUT2D eigenvalue weighted by Gasteiger charge is -2.08. The molecule has 0 aliphatic carbocycles. The van der Waals surface area contributed by atoms with E-state index in [1.165, 1.54) is 32.9 Å². The zero-order valence-electron chi connectivity index (χ0n) is 33.7. The second-order valence-corrected chi connectivity index (χ2v) is 16.0. The largest absolute Gasteiger partial charge is 0.456 e. The number of furan rings is 2. The standard InChI is InChI=1S/C57H34N4O2/c1-4-12-35(13-5-1)37-22-27-49-46(30-37)47-31-38(23-28-50(47)61(49)42-16-8-3-9-17-42)39-24-29-52-48(32-39)45-26-21-41(34-54(45)63-52)57-59-55(36-14-6-2-7-15-36)58-56(60-57)40-20-25-44-43-18-10-11-19-51(43)62-53(44)33-40/h1-34H. The van der Waals surface area contributed by atoms with Crippen molar-refractivity contribution in [1.29, 1.82) is 0 Å². The third-order valence-electron chi connectivity index (χ3n) is 12.3. The predicted molar refractivity (Wildman–Crippen MR) is 256 cm³/mol. The Labute approximate surface area is 361 Å². The molecular formula is C57H34N4O2. The highest BCUT2D eigenvalue weighted by atomic mass is 16.3. The molecule has 13 rings (SSSR count). The van der Waals surface area contributed by atoms with Crippen molar-refractivity contribution in [3.8, 4) is 62.1 Å². The van der Waals surface area contributed by atoms with Gasteiger partial charge in [-0.25, -0.2) is 15.0 Å². The van der Waals surface area contributed by atoms with Gasteiger partial charge < -0.3 is 13.4 Å². The number of benzene rings is 9. The van der Waals surface area contributed by atoms with Crippen molar-refractivity contribution >= 4 is 65.7 Å². The van der Waals surface area contributed by atoms with Crippen molar-refractivity contribution in [2.45, 2.75) is 0 Å². The average molecular weight is 807 g/mol. The number of hydrogen-bond donors (Lipinski definition) is 0. The molecule has 0 aliphatic heterocycles. The van der Waals surface area contributed by atoms with Crippen LogP contribution in [0.3, 0.4) is 0 Å². The molecule has 0 unspecified atom stereocenters. The van der Waals surface area contributed by atoms with Gasteiger partial charge in [0.25, 0.3) is 0 Å². The van der Waals surface area contributed by atoms with Crippen LogP contribution in [0.5, 0.6) is 0 Å². The van der Waals surface area contributed by atoms with E-state index in [4.69, 9.17) is 23.8 Å². The molecule has 0 radical (unpaired) electrons. The average Bonchev–Trinajstić information content (AvgIpc) is 4.02. The maximum Gasteiger partial charge on any atom is 0.164 e. The summed E-state index contributed by atoms with van der Waals surface area (Å²) in [6.07, 6.45) is 0. The van der Waals surface area contributed by atoms with Crippen LogP contribution in [0.2, 0.25) is 0 Å². The fourth-order valence-corrected chi connectivity index (χ4v) is 9.18. The molecule has 0 saturated carbocycles. The van der Waals surface area contributed by atoms with E-state index >= 15 is 0 Å². The normalized spacial score (nSPS) is 11.8. The summed E-state index contributed by atoms with van der Waals surface area (Å²) >= 11 is 0. The van der Waals surface area contributed by atoms with Crippen molar-refractivity contribution in [3.63, 3.8) is 0 Å². The van der Waals surface area contributed by atoms with Crippen molar-refractivity contribution < 1.29 is 8.83 Å². The Morgan fingerprint density at radius 3 is 1.32 bits per heavy atom. The van der Waals surface area contributed by atoms with Gasteiger partial charge in [0, 0.05) is 54.7 Å².